The number of hydrogen-bond acceptors (Lipinski definition) is 3. The minimum atomic E-state index is -0.0912. The summed E-state index contributed by atoms with van der Waals surface area (Å²) in [6.45, 7) is 10.5. The van der Waals surface area contributed by atoms with Crippen molar-refractivity contribution in [3.05, 3.63) is 23.8 Å². The van der Waals surface area contributed by atoms with E-state index < -0.39 is 0 Å². The topological polar surface area (TPSA) is 59.8 Å². The Morgan fingerprint density at radius 3 is 2.69 bits per heavy atom. The number of nitrogens with zero attached hydrogens (tertiary/aromatic N) is 3. The van der Waals surface area contributed by atoms with E-state index in [9.17, 15) is 4.79 Å². The van der Waals surface area contributed by atoms with Gasteiger partial charge in [-0.15, -0.1) is 0 Å². The molecule has 1 rings (SSSR count). The van der Waals surface area contributed by atoms with Gasteiger partial charge in [-0.2, -0.15) is 5.10 Å². The molecular weight excluding hydrogens is 204 g/mol. The van der Waals surface area contributed by atoms with Crippen molar-refractivity contribution in [3.8, 4) is 0 Å². The van der Waals surface area contributed by atoms with Crippen molar-refractivity contribution in [2.24, 2.45) is 0 Å². The van der Waals surface area contributed by atoms with Gasteiger partial charge in [-0.05, 0) is 27.2 Å². The highest BCUT2D eigenvalue weighted by Gasteiger charge is 2.03. The van der Waals surface area contributed by atoms with Crippen molar-refractivity contribution < 1.29 is 4.79 Å². The Hall–Kier alpha value is -1.65. The second-order valence-electron chi connectivity index (χ2n) is 3.82. The van der Waals surface area contributed by atoms with Crippen LogP contribution < -0.4 is 5.32 Å². The largest absolute Gasteiger partial charge is 0.352 e. The van der Waals surface area contributed by atoms with Crippen LogP contribution in [0, 0.1) is 13.8 Å². The molecule has 5 heteroatoms. The molecule has 0 aliphatic rings. The van der Waals surface area contributed by atoms with E-state index >= 15 is 0 Å². The first-order valence-corrected chi connectivity index (χ1v) is 5.32. The Morgan fingerprint density at radius 2 is 2.19 bits per heavy atom. The van der Waals surface area contributed by atoms with E-state index in [0.717, 1.165) is 24.6 Å². The highest BCUT2D eigenvalue weighted by atomic mass is 16.1. The van der Waals surface area contributed by atoms with Crippen molar-refractivity contribution >= 4 is 5.91 Å². The molecule has 0 aliphatic carbocycles. The monoisotopic (exact) mass is 222 g/mol. The number of hydrogen-bond donors (Lipinski definition) is 1. The molecule has 1 heterocycles. The molecule has 5 nitrogen and oxygen atoms in total. The van der Waals surface area contributed by atoms with Gasteiger partial charge in [0.15, 0.2) is 0 Å². The van der Waals surface area contributed by atoms with Crippen LogP contribution >= 0.6 is 0 Å². The molecular formula is C11H18N4O. The van der Waals surface area contributed by atoms with Crippen LogP contribution in [0.25, 0.3) is 0 Å². The van der Waals surface area contributed by atoms with Gasteiger partial charge in [-0.3, -0.25) is 9.48 Å². The van der Waals surface area contributed by atoms with Crippen LogP contribution in [-0.2, 0) is 11.3 Å². The highest BCUT2D eigenvalue weighted by Crippen LogP contribution is 1.97. The molecule has 0 aliphatic heterocycles. The summed E-state index contributed by atoms with van der Waals surface area (Å²) < 4.78 is 1.85. The number of carbonyl (C=O) groups is 1. The van der Waals surface area contributed by atoms with Crippen molar-refractivity contribution in [1.29, 1.82) is 0 Å². The highest BCUT2D eigenvalue weighted by molar-refractivity contribution is 5.91. The third kappa shape index (κ3) is 3.49. The third-order valence-electron chi connectivity index (χ3n) is 2.18. The quantitative estimate of drug-likeness (QED) is 0.596. The number of nitrogens with one attached hydrogen (secondary N) is 1. The lowest BCUT2D eigenvalue weighted by atomic mass is 10.3. The molecule has 0 atom stereocenters. The molecule has 0 saturated heterocycles. The summed E-state index contributed by atoms with van der Waals surface area (Å²) >= 11 is 0. The van der Waals surface area contributed by atoms with Crippen molar-refractivity contribution in [1.82, 2.24) is 20.1 Å². The van der Waals surface area contributed by atoms with Crippen molar-refractivity contribution in [2.75, 3.05) is 6.54 Å². The maximum absolute atomic E-state index is 11.2. The van der Waals surface area contributed by atoms with Gasteiger partial charge in [0.2, 0.25) is 5.91 Å². The average molecular weight is 222 g/mol. The fourth-order valence-corrected chi connectivity index (χ4v) is 1.35. The molecule has 16 heavy (non-hydrogen) atoms. The zero-order valence-electron chi connectivity index (χ0n) is 10.1. The number of rotatable bonds is 5. The maximum Gasteiger partial charge on any atom is 0.246 e. The van der Waals surface area contributed by atoms with Gasteiger partial charge < -0.3 is 5.32 Å². The minimum absolute atomic E-state index is 0.0912. The van der Waals surface area contributed by atoms with Crippen LogP contribution in [0.1, 0.15) is 25.0 Å². The molecule has 1 aromatic heterocycles. The molecule has 1 aromatic rings. The van der Waals surface area contributed by atoms with Crippen molar-refractivity contribution in [2.45, 2.75) is 33.7 Å². The summed E-state index contributed by atoms with van der Waals surface area (Å²) in [7, 11) is 0. The first-order valence-electron chi connectivity index (χ1n) is 5.32. The summed E-state index contributed by atoms with van der Waals surface area (Å²) in [5.41, 5.74) is 0.535. The lowest BCUT2D eigenvalue weighted by Gasteiger charge is -2.05. The average Bonchev–Trinajstić information content (AvgIpc) is 2.51. The lowest BCUT2D eigenvalue weighted by molar-refractivity contribution is -0.117. The van der Waals surface area contributed by atoms with E-state index in [2.05, 4.69) is 22.0 Å². The van der Waals surface area contributed by atoms with Gasteiger partial charge in [0.1, 0.15) is 11.6 Å². The Kier molecular flexibility index (Phi) is 4.22. The van der Waals surface area contributed by atoms with E-state index in [-0.39, 0.29) is 5.91 Å². The molecule has 0 spiro atoms. The fraction of sp³-hybridized carbons (Fsp3) is 0.545. The molecule has 0 radical (unpaired) electrons. The van der Waals surface area contributed by atoms with Crippen molar-refractivity contribution in [3.63, 3.8) is 0 Å². The van der Waals surface area contributed by atoms with Gasteiger partial charge in [-0.25, -0.2) is 4.98 Å². The van der Waals surface area contributed by atoms with E-state index in [1.807, 2.05) is 18.5 Å². The van der Waals surface area contributed by atoms with Crippen LogP contribution in [0.4, 0.5) is 0 Å². The molecule has 1 amide bonds. The molecule has 88 valence electrons. The van der Waals surface area contributed by atoms with E-state index in [0.29, 0.717) is 12.1 Å². The normalized spacial score (nSPS) is 10.2. The van der Waals surface area contributed by atoms with Gasteiger partial charge in [0.05, 0.1) is 0 Å². The van der Waals surface area contributed by atoms with Crippen LogP contribution in [0.3, 0.4) is 0 Å². The number of carbonyl (C=O) groups excluding carboxylic acids is 1. The summed E-state index contributed by atoms with van der Waals surface area (Å²) in [6, 6.07) is 0. The van der Waals surface area contributed by atoms with Crippen LogP contribution in [0.5, 0.6) is 0 Å². The van der Waals surface area contributed by atoms with E-state index in [1.54, 1.807) is 6.92 Å². The maximum atomic E-state index is 11.2. The summed E-state index contributed by atoms with van der Waals surface area (Å²) in [5.74, 6) is 1.60. The lowest BCUT2D eigenvalue weighted by Crippen LogP contribution is -2.25. The first-order chi connectivity index (χ1) is 7.50. The minimum Gasteiger partial charge on any atom is -0.352 e. The predicted molar refractivity (Wildman–Crippen MR) is 61.9 cm³/mol. The second kappa shape index (κ2) is 5.44. The number of aromatic nitrogens is 3. The molecule has 0 unspecified atom stereocenters. The smallest absolute Gasteiger partial charge is 0.246 e. The molecule has 0 saturated carbocycles. The van der Waals surface area contributed by atoms with Gasteiger partial charge >= 0.3 is 0 Å². The zero-order valence-corrected chi connectivity index (χ0v) is 10.1. The summed E-state index contributed by atoms with van der Waals surface area (Å²) in [6.07, 6.45) is 0.836. The number of amides is 1. The number of aryl methyl sites for hydroxylation is 3. The van der Waals surface area contributed by atoms with Crippen LogP contribution in [0.15, 0.2) is 12.2 Å². The Labute approximate surface area is 95.6 Å². The van der Waals surface area contributed by atoms with Crippen LogP contribution in [0.2, 0.25) is 0 Å². The Morgan fingerprint density at radius 1 is 1.50 bits per heavy atom. The predicted octanol–water partition coefficient (Wildman–Crippen LogP) is 0.977. The summed E-state index contributed by atoms with van der Waals surface area (Å²) in [4.78, 5) is 15.4. The fourth-order valence-electron chi connectivity index (χ4n) is 1.35. The van der Waals surface area contributed by atoms with E-state index in [1.165, 1.54) is 0 Å². The van der Waals surface area contributed by atoms with Crippen LogP contribution in [-0.4, -0.2) is 27.2 Å². The molecule has 0 aromatic carbocycles. The van der Waals surface area contributed by atoms with Gasteiger partial charge in [-0.1, -0.05) is 6.58 Å². The Balaban J connectivity index is 2.29. The zero-order chi connectivity index (χ0) is 12.1. The molecule has 1 N–H and O–H groups in total. The molecule has 0 bridgehead atoms. The third-order valence-corrected chi connectivity index (χ3v) is 2.18. The Bertz CT molecular complexity index is 395. The summed E-state index contributed by atoms with van der Waals surface area (Å²) in [5, 5.41) is 7.02. The van der Waals surface area contributed by atoms with Gasteiger partial charge in [0, 0.05) is 18.7 Å². The first kappa shape index (κ1) is 12.4. The second-order valence-corrected chi connectivity index (χ2v) is 3.82. The molecule has 0 fully saturated rings. The van der Waals surface area contributed by atoms with Gasteiger partial charge in [0.25, 0.3) is 0 Å². The SMILES string of the molecule is C=C(C)C(=O)NCCCn1nc(C)nc1C. The van der Waals surface area contributed by atoms with E-state index in [4.69, 9.17) is 0 Å². The standard InChI is InChI=1S/C11H18N4O/c1-8(2)11(16)12-6-5-7-15-10(4)13-9(3)14-15/h1,5-7H2,2-4H3,(H,12,16).